The monoisotopic (exact) mass is 392 g/mol. The fourth-order valence-electron chi connectivity index (χ4n) is 4.07. The molecule has 2 aromatic rings. The Hall–Kier alpha value is -3.17. The second kappa shape index (κ2) is 9.35. The number of methoxy groups -OCH3 is 1. The number of ether oxygens (including phenoxy) is 1. The van der Waals surface area contributed by atoms with E-state index < -0.39 is 5.97 Å². The molecule has 1 N–H and O–H groups in total. The Morgan fingerprint density at radius 1 is 1.07 bits per heavy atom. The molecule has 0 unspecified atom stereocenters. The van der Waals surface area contributed by atoms with Crippen LogP contribution in [0.2, 0.25) is 0 Å². The number of amides is 1. The van der Waals surface area contributed by atoms with E-state index in [0.717, 1.165) is 32.5 Å². The Morgan fingerprint density at radius 3 is 2.45 bits per heavy atom. The lowest BCUT2D eigenvalue weighted by atomic mass is 10.0. The SMILES string of the molecule is COC(=O)c1cccc(C#N)c1NC(=O)C[N+]1(Cc2ccccc2)CCCCC1. The summed E-state index contributed by atoms with van der Waals surface area (Å²) >= 11 is 0. The predicted molar refractivity (Wildman–Crippen MR) is 110 cm³/mol. The van der Waals surface area contributed by atoms with Crippen LogP contribution in [0.15, 0.2) is 48.5 Å². The zero-order chi connectivity index (χ0) is 20.7. The van der Waals surface area contributed by atoms with E-state index in [4.69, 9.17) is 4.74 Å². The minimum atomic E-state index is -0.580. The second-order valence-electron chi connectivity index (χ2n) is 7.53. The average molecular weight is 392 g/mol. The van der Waals surface area contributed by atoms with Crippen molar-refractivity contribution in [1.29, 1.82) is 5.26 Å². The number of nitrogens with zero attached hydrogens (tertiary/aromatic N) is 2. The van der Waals surface area contributed by atoms with Gasteiger partial charge in [0.1, 0.15) is 12.6 Å². The van der Waals surface area contributed by atoms with Crippen LogP contribution in [0.4, 0.5) is 5.69 Å². The molecule has 29 heavy (non-hydrogen) atoms. The number of para-hydroxylation sites is 1. The maximum absolute atomic E-state index is 13.0. The minimum absolute atomic E-state index is 0.188. The van der Waals surface area contributed by atoms with Crippen LogP contribution in [0.5, 0.6) is 0 Å². The van der Waals surface area contributed by atoms with E-state index in [1.807, 2.05) is 24.3 Å². The molecule has 150 valence electrons. The summed E-state index contributed by atoms with van der Waals surface area (Å²) in [4.78, 5) is 25.1. The fraction of sp³-hybridized carbons (Fsp3) is 0.348. The highest BCUT2D eigenvalue weighted by Crippen LogP contribution is 2.25. The van der Waals surface area contributed by atoms with Gasteiger partial charge in [0.25, 0.3) is 5.91 Å². The normalized spacial score (nSPS) is 15.2. The number of esters is 1. The Kier molecular flexibility index (Phi) is 6.63. The molecule has 0 saturated carbocycles. The number of nitrogens with one attached hydrogen (secondary N) is 1. The number of anilines is 1. The summed E-state index contributed by atoms with van der Waals surface area (Å²) in [6, 6.07) is 17.0. The van der Waals surface area contributed by atoms with Crippen molar-refractivity contribution in [2.75, 3.05) is 32.1 Å². The van der Waals surface area contributed by atoms with E-state index in [-0.39, 0.29) is 22.7 Å². The lowest BCUT2D eigenvalue weighted by Crippen LogP contribution is -2.54. The molecule has 1 saturated heterocycles. The van der Waals surface area contributed by atoms with Crippen molar-refractivity contribution in [3.8, 4) is 6.07 Å². The van der Waals surface area contributed by atoms with Gasteiger partial charge >= 0.3 is 5.97 Å². The molecule has 0 aromatic heterocycles. The predicted octanol–water partition coefficient (Wildman–Crippen LogP) is 3.48. The van der Waals surface area contributed by atoms with Gasteiger partial charge in [-0.05, 0) is 31.4 Å². The number of quaternary nitrogens is 1. The number of benzene rings is 2. The number of hydrogen-bond donors (Lipinski definition) is 1. The van der Waals surface area contributed by atoms with Crippen LogP contribution in [0.1, 0.15) is 40.7 Å². The average Bonchev–Trinajstić information content (AvgIpc) is 2.74. The molecular weight excluding hydrogens is 366 g/mol. The Bertz CT molecular complexity index is 913. The molecule has 1 aliphatic rings. The van der Waals surface area contributed by atoms with E-state index in [0.29, 0.717) is 11.0 Å². The zero-order valence-electron chi connectivity index (χ0n) is 16.7. The van der Waals surface area contributed by atoms with Gasteiger partial charge in [0.2, 0.25) is 0 Å². The standard InChI is InChI=1S/C23H25N3O3/c1-29-23(28)20-12-8-11-19(15-24)22(20)25-21(27)17-26(13-6-3-7-14-26)16-18-9-4-2-5-10-18/h2,4-5,8-12H,3,6-7,13-14,16-17H2,1H3/p+1. The fourth-order valence-corrected chi connectivity index (χ4v) is 4.07. The van der Waals surface area contributed by atoms with E-state index in [1.165, 1.54) is 19.1 Å². The van der Waals surface area contributed by atoms with Crippen molar-refractivity contribution in [2.45, 2.75) is 25.8 Å². The molecule has 6 heteroatoms. The van der Waals surface area contributed by atoms with Gasteiger partial charge < -0.3 is 14.5 Å². The topological polar surface area (TPSA) is 79.2 Å². The molecular formula is C23H26N3O3+. The van der Waals surface area contributed by atoms with E-state index in [1.54, 1.807) is 18.2 Å². The molecule has 1 fully saturated rings. The van der Waals surface area contributed by atoms with Gasteiger partial charge in [-0.1, -0.05) is 36.4 Å². The van der Waals surface area contributed by atoms with Crippen molar-refractivity contribution in [1.82, 2.24) is 0 Å². The van der Waals surface area contributed by atoms with Gasteiger partial charge in [-0.25, -0.2) is 4.79 Å². The highest BCUT2D eigenvalue weighted by atomic mass is 16.5. The molecule has 0 spiro atoms. The molecule has 3 rings (SSSR count). The number of likely N-dealkylation sites (tertiary alicyclic amines) is 1. The first-order valence-corrected chi connectivity index (χ1v) is 9.87. The first kappa shape index (κ1) is 20.6. The molecule has 1 heterocycles. The van der Waals surface area contributed by atoms with Crippen molar-refractivity contribution in [3.63, 3.8) is 0 Å². The lowest BCUT2D eigenvalue weighted by Gasteiger charge is -2.41. The number of rotatable bonds is 6. The highest BCUT2D eigenvalue weighted by Gasteiger charge is 2.33. The van der Waals surface area contributed by atoms with Gasteiger partial charge in [-0.2, -0.15) is 5.26 Å². The summed E-state index contributed by atoms with van der Waals surface area (Å²) in [5.74, 6) is -0.778. The second-order valence-corrected chi connectivity index (χ2v) is 7.53. The minimum Gasteiger partial charge on any atom is -0.465 e. The van der Waals surface area contributed by atoms with Crippen molar-refractivity contribution < 1.29 is 18.8 Å². The Balaban J connectivity index is 1.83. The first-order chi connectivity index (χ1) is 14.1. The largest absolute Gasteiger partial charge is 0.465 e. The van der Waals surface area contributed by atoms with Crippen LogP contribution >= 0.6 is 0 Å². The molecule has 0 bridgehead atoms. The maximum atomic E-state index is 13.0. The third kappa shape index (κ3) is 5.01. The van der Waals surface area contributed by atoms with Crippen molar-refractivity contribution in [3.05, 3.63) is 65.2 Å². The number of piperidine rings is 1. The smallest absolute Gasteiger partial charge is 0.340 e. The molecule has 0 aliphatic carbocycles. The lowest BCUT2D eigenvalue weighted by molar-refractivity contribution is -0.937. The summed E-state index contributed by atoms with van der Waals surface area (Å²) in [6.07, 6.45) is 3.35. The third-order valence-corrected chi connectivity index (χ3v) is 5.46. The zero-order valence-corrected chi connectivity index (χ0v) is 16.7. The Morgan fingerprint density at radius 2 is 1.79 bits per heavy atom. The van der Waals surface area contributed by atoms with Crippen LogP contribution in [0.3, 0.4) is 0 Å². The molecule has 0 radical (unpaired) electrons. The van der Waals surface area contributed by atoms with Crippen molar-refractivity contribution in [2.24, 2.45) is 0 Å². The van der Waals surface area contributed by atoms with E-state index in [2.05, 4.69) is 17.4 Å². The number of carbonyl (C=O) groups is 2. The maximum Gasteiger partial charge on any atom is 0.340 e. The summed E-state index contributed by atoms with van der Waals surface area (Å²) in [5.41, 5.74) is 1.86. The van der Waals surface area contributed by atoms with Gasteiger partial charge in [0.05, 0.1) is 37.0 Å². The molecule has 6 nitrogen and oxygen atoms in total. The van der Waals surface area contributed by atoms with Crippen molar-refractivity contribution >= 4 is 17.6 Å². The summed E-state index contributed by atoms with van der Waals surface area (Å²) in [7, 11) is 1.28. The number of nitriles is 1. The van der Waals surface area contributed by atoms with Gasteiger partial charge in [0.15, 0.2) is 6.54 Å². The van der Waals surface area contributed by atoms with Crippen LogP contribution in [0, 0.1) is 11.3 Å². The summed E-state index contributed by atoms with van der Waals surface area (Å²) in [6.45, 7) is 2.96. The highest BCUT2D eigenvalue weighted by molar-refractivity contribution is 6.03. The third-order valence-electron chi connectivity index (χ3n) is 5.46. The molecule has 2 aromatic carbocycles. The number of hydrogen-bond acceptors (Lipinski definition) is 4. The van der Waals surface area contributed by atoms with Crippen LogP contribution in [-0.4, -0.2) is 43.1 Å². The molecule has 1 aliphatic heterocycles. The number of carbonyl (C=O) groups excluding carboxylic acids is 2. The molecule has 1 amide bonds. The van der Waals surface area contributed by atoms with E-state index >= 15 is 0 Å². The quantitative estimate of drug-likeness (QED) is 0.603. The van der Waals surface area contributed by atoms with Crippen LogP contribution < -0.4 is 5.32 Å². The van der Waals surface area contributed by atoms with E-state index in [9.17, 15) is 14.9 Å². The van der Waals surface area contributed by atoms with Gasteiger partial charge in [-0.3, -0.25) is 4.79 Å². The van der Waals surface area contributed by atoms with Crippen LogP contribution in [-0.2, 0) is 16.1 Å². The first-order valence-electron chi connectivity index (χ1n) is 9.87. The molecule has 0 atom stereocenters. The Labute approximate surface area is 171 Å². The van der Waals surface area contributed by atoms with Gasteiger partial charge in [-0.15, -0.1) is 0 Å². The van der Waals surface area contributed by atoms with Crippen LogP contribution in [0.25, 0.3) is 0 Å². The summed E-state index contributed by atoms with van der Waals surface area (Å²) in [5, 5.41) is 12.2. The van der Waals surface area contributed by atoms with Gasteiger partial charge in [0, 0.05) is 5.56 Å². The summed E-state index contributed by atoms with van der Waals surface area (Å²) < 4.78 is 5.48.